The summed E-state index contributed by atoms with van der Waals surface area (Å²) in [4.78, 5) is 12.2. The van der Waals surface area contributed by atoms with E-state index < -0.39 is 0 Å². The van der Waals surface area contributed by atoms with Gasteiger partial charge in [-0.05, 0) is 0 Å². The molecule has 6 heteroatoms. The molecule has 0 fully saturated rings. The Kier molecular flexibility index (Phi) is 2.97. The molecule has 72 valence electrons. The number of nitrogens with one attached hydrogen (secondary N) is 1. The average molecular weight is 207 g/mol. The molecule has 0 unspecified atom stereocenters. The van der Waals surface area contributed by atoms with Crippen molar-refractivity contribution in [1.29, 1.82) is 0 Å². The molecule has 0 aliphatic carbocycles. The first-order valence-electron chi connectivity index (χ1n) is 4.20. The molecule has 2 aromatic heterocycles. The van der Waals surface area contributed by atoms with E-state index in [0.29, 0.717) is 0 Å². The summed E-state index contributed by atoms with van der Waals surface area (Å²) in [5.74, 6) is 0. The lowest BCUT2D eigenvalue weighted by molar-refractivity contribution is 0.939. The molecular formula is C8H9N5S. The molecule has 14 heavy (non-hydrogen) atoms. The maximum absolute atomic E-state index is 4.16. The van der Waals surface area contributed by atoms with Crippen LogP contribution in [0, 0.1) is 0 Å². The van der Waals surface area contributed by atoms with E-state index >= 15 is 0 Å². The van der Waals surface area contributed by atoms with E-state index in [-0.39, 0.29) is 0 Å². The highest BCUT2D eigenvalue weighted by Crippen LogP contribution is 2.05. The first-order chi connectivity index (χ1) is 6.95. The molecule has 2 aromatic rings. The molecule has 5 nitrogen and oxygen atoms in total. The van der Waals surface area contributed by atoms with Gasteiger partial charge in [-0.15, -0.1) is 0 Å². The molecule has 0 aliphatic rings. The molecule has 0 saturated heterocycles. The molecule has 0 saturated carbocycles. The third-order valence-electron chi connectivity index (χ3n) is 1.64. The molecule has 2 rings (SSSR count). The Morgan fingerprint density at radius 1 is 1.29 bits per heavy atom. The van der Waals surface area contributed by atoms with Crippen LogP contribution in [0.4, 0.5) is 5.13 Å². The second-order valence-electron chi connectivity index (χ2n) is 2.62. The van der Waals surface area contributed by atoms with Crippen molar-refractivity contribution >= 4 is 16.7 Å². The highest BCUT2D eigenvalue weighted by Gasteiger charge is 1.96. The summed E-state index contributed by atoms with van der Waals surface area (Å²) in [6.07, 6.45) is 7.51. The lowest BCUT2D eigenvalue weighted by atomic mass is 10.3. The van der Waals surface area contributed by atoms with Crippen molar-refractivity contribution in [2.75, 3.05) is 11.9 Å². The molecule has 0 bridgehead atoms. The Morgan fingerprint density at radius 2 is 2.29 bits per heavy atom. The Morgan fingerprint density at radius 3 is 3.00 bits per heavy atom. The van der Waals surface area contributed by atoms with Crippen molar-refractivity contribution in [3.8, 4) is 0 Å². The summed E-state index contributed by atoms with van der Waals surface area (Å²) in [6, 6.07) is 0. The molecular weight excluding hydrogens is 198 g/mol. The minimum Gasteiger partial charge on any atom is -0.360 e. The van der Waals surface area contributed by atoms with Crippen molar-refractivity contribution in [3.63, 3.8) is 0 Å². The van der Waals surface area contributed by atoms with Gasteiger partial charge in [-0.2, -0.15) is 4.37 Å². The fourth-order valence-corrected chi connectivity index (χ4v) is 1.46. The minimum atomic E-state index is 0.799. The molecule has 1 N–H and O–H groups in total. The van der Waals surface area contributed by atoms with Crippen LogP contribution < -0.4 is 5.32 Å². The van der Waals surface area contributed by atoms with Crippen molar-refractivity contribution < 1.29 is 0 Å². The van der Waals surface area contributed by atoms with Crippen molar-refractivity contribution in [2.24, 2.45) is 0 Å². The summed E-state index contributed by atoms with van der Waals surface area (Å²) in [6.45, 7) is 0.799. The fourth-order valence-electron chi connectivity index (χ4n) is 1.01. The van der Waals surface area contributed by atoms with Gasteiger partial charge in [0.05, 0.1) is 5.69 Å². The van der Waals surface area contributed by atoms with Gasteiger partial charge in [-0.3, -0.25) is 9.97 Å². The summed E-state index contributed by atoms with van der Waals surface area (Å²) in [5.41, 5.74) is 0.976. The number of hydrogen-bond donors (Lipinski definition) is 1. The zero-order valence-electron chi connectivity index (χ0n) is 7.42. The Labute approximate surface area is 85.4 Å². The van der Waals surface area contributed by atoms with E-state index in [1.54, 1.807) is 18.6 Å². The molecule has 0 atom stereocenters. The van der Waals surface area contributed by atoms with E-state index in [0.717, 1.165) is 23.8 Å². The number of hydrogen-bond acceptors (Lipinski definition) is 6. The maximum atomic E-state index is 4.16. The van der Waals surface area contributed by atoms with Gasteiger partial charge in [-0.1, -0.05) is 0 Å². The van der Waals surface area contributed by atoms with Gasteiger partial charge < -0.3 is 5.32 Å². The average Bonchev–Trinajstić information content (AvgIpc) is 2.72. The largest absolute Gasteiger partial charge is 0.360 e. The Balaban J connectivity index is 1.79. The predicted octanol–water partition coefficient (Wildman–Crippen LogP) is 0.983. The first kappa shape index (κ1) is 9.01. The summed E-state index contributed by atoms with van der Waals surface area (Å²) in [7, 11) is 0. The molecule has 0 radical (unpaired) electrons. The normalized spacial score (nSPS) is 10.0. The van der Waals surface area contributed by atoms with E-state index in [2.05, 4.69) is 24.6 Å². The molecule has 2 heterocycles. The second kappa shape index (κ2) is 4.61. The minimum absolute atomic E-state index is 0.799. The first-order valence-corrected chi connectivity index (χ1v) is 4.98. The van der Waals surface area contributed by atoms with Crippen LogP contribution in [0.1, 0.15) is 5.69 Å². The van der Waals surface area contributed by atoms with E-state index in [4.69, 9.17) is 0 Å². The summed E-state index contributed by atoms with van der Waals surface area (Å²) in [5, 5.41) is 3.99. The van der Waals surface area contributed by atoms with Crippen LogP contribution >= 0.6 is 11.5 Å². The van der Waals surface area contributed by atoms with Crippen LogP contribution in [-0.4, -0.2) is 25.9 Å². The maximum Gasteiger partial charge on any atom is 0.202 e. The number of anilines is 1. The van der Waals surface area contributed by atoms with Crippen LogP contribution in [-0.2, 0) is 6.42 Å². The predicted molar refractivity (Wildman–Crippen MR) is 54.1 cm³/mol. The quantitative estimate of drug-likeness (QED) is 0.809. The summed E-state index contributed by atoms with van der Waals surface area (Å²) < 4.78 is 3.89. The third kappa shape index (κ3) is 2.46. The number of nitrogens with zero attached hydrogens (tertiary/aromatic N) is 4. The molecule has 0 amide bonds. The zero-order valence-corrected chi connectivity index (χ0v) is 8.24. The molecule has 0 aromatic carbocycles. The van der Waals surface area contributed by atoms with Gasteiger partial charge in [0.15, 0.2) is 0 Å². The number of aromatic nitrogens is 4. The van der Waals surface area contributed by atoms with E-state index in [1.165, 1.54) is 17.9 Å². The van der Waals surface area contributed by atoms with Crippen molar-refractivity contribution in [1.82, 2.24) is 19.3 Å². The van der Waals surface area contributed by atoms with Crippen molar-refractivity contribution in [3.05, 3.63) is 30.6 Å². The topological polar surface area (TPSA) is 63.6 Å². The number of rotatable bonds is 4. The highest BCUT2D eigenvalue weighted by atomic mass is 32.1. The molecule has 0 spiro atoms. The van der Waals surface area contributed by atoms with E-state index in [9.17, 15) is 0 Å². The molecule has 0 aliphatic heterocycles. The fraction of sp³-hybridized carbons (Fsp3) is 0.250. The van der Waals surface area contributed by atoms with E-state index in [1.807, 2.05) is 0 Å². The monoisotopic (exact) mass is 207 g/mol. The second-order valence-corrected chi connectivity index (χ2v) is 3.40. The summed E-state index contributed by atoms with van der Waals surface area (Å²) >= 11 is 1.35. The van der Waals surface area contributed by atoms with Gasteiger partial charge in [0, 0.05) is 43.1 Å². The third-order valence-corrected chi connectivity index (χ3v) is 2.26. The van der Waals surface area contributed by atoms with Crippen LogP contribution in [0.5, 0.6) is 0 Å². The lowest BCUT2D eigenvalue weighted by Gasteiger charge is -2.00. The smallest absolute Gasteiger partial charge is 0.202 e. The highest BCUT2D eigenvalue weighted by molar-refractivity contribution is 7.09. The van der Waals surface area contributed by atoms with Crippen molar-refractivity contribution in [2.45, 2.75) is 6.42 Å². The van der Waals surface area contributed by atoms with Crippen LogP contribution in [0.2, 0.25) is 0 Å². The Bertz CT molecular complexity index is 360. The van der Waals surface area contributed by atoms with Gasteiger partial charge in [0.1, 0.15) is 6.33 Å². The van der Waals surface area contributed by atoms with Gasteiger partial charge in [0.25, 0.3) is 0 Å². The van der Waals surface area contributed by atoms with Crippen LogP contribution in [0.3, 0.4) is 0 Å². The van der Waals surface area contributed by atoms with Gasteiger partial charge in [-0.25, -0.2) is 4.98 Å². The Hall–Kier alpha value is -1.56. The van der Waals surface area contributed by atoms with Gasteiger partial charge >= 0.3 is 0 Å². The van der Waals surface area contributed by atoms with Crippen LogP contribution in [0.25, 0.3) is 0 Å². The standard InChI is InChI=1S/C8H9N5S/c1(7-5-9-3-4-10-7)2-11-8-12-6-13-14-8/h3-6H,1-2H2,(H,11,12,13). The SMILES string of the molecule is c1cnc(CCNc2ncns2)cn1. The lowest BCUT2D eigenvalue weighted by Crippen LogP contribution is -2.05. The van der Waals surface area contributed by atoms with Gasteiger partial charge in [0.2, 0.25) is 5.13 Å². The zero-order chi connectivity index (χ0) is 9.64. The van der Waals surface area contributed by atoms with Crippen LogP contribution in [0.15, 0.2) is 24.9 Å².